The van der Waals surface area contributed by atoms with Crippen molar-refractivity contribution in [3.63, 3.8) is 0 Å². The first kappa shape index (κ1) is 10.3. The zero-order valence-electron chi connectivity index (χ0n) is 6.98. The molecule has 4 heteroatoms. The Morgan fingerprint density at radius 2 is 1.77 bits per heavy atom. The highest BCUT2D eigenvalue weighted by molar-refractivity contribution is 7.99. The van der Waals surface area contributed by atoms with E-state index >= 15 is 0 Å². The van der Waals surface area contributed by atoms with Crippen LogP contribution in [0.1, 0.15) is 10.4 Å². The molecular weight excluding hydrogens is 204 g/mol. The molecule has 0 unspecified atom stereocenters. The maximum Gasteiger partial charge on any atom is 0.256 e. The minimum atomic E-state index is -0.725. The third-order valence-electron chi connectivity index (χ3n) is 1.55. The van der Waals surface area contributed by atoms with Crippen LogP contribution in [0.2, 0.25) is 0 Å². The van der Waals surface area contributed by atoms with Crippen molar-refractivity contribution in [2.24, 2.45) is 0 Å². The van der Waals surface area contributed by atoms with Crippen molar-refractivity contribution < 1.29 is 9.59 Å². The van der Waals surface area contributed by atoms with Gasteiger partial charge in [-0.2, -0.15) is 0 Å². The molecule has 0 N–H and O–H groups in total. The zero-order chi connectivity index (χ0) is 9.84. The fraction of sp³-hybridized carbons (Fsp3) is 0.111. The summed E-state index contributed by atoms with van der Waals surface area (Å²) >= 11 is 5.04. The van der Waals surface area contributed by atoms with Gasteiger partial charge >= 0.3 is 0 Å². The molecule has 0 saturated heterocycles. The molecule has 1 rings (SSSR count). The van der Waals surface area contributed by atoms with Crippen molar-refractivity contribution in [3.8, 4) is 0 Å². The standard InChI is InChI=1S/C9H8O2S2/c1-13-7-4-2-6(3-5-7)8(10)9(11)12/h2-5H,1H3,(H,11,12). The van der Waals surface area contributed by atoms with E-state index in [9.17, 15) is 9.59 Å². The number of hydrogen-bond acceptors (Lipinski definition) is 3. The normalized spacial score (nSPS) is 9.69. The van der Waals surface area contributed by atoms with Crippen molar-refractivity contribution in [2.75, 3.05) is 6.26 Å². The Bertz CT molecular complexity index is 330. The van der Waals surface area contributed by atoms with Crippen LogP contribution in [-0.2, 0) is 4.79 Å². The summed E-state index contributed by atoms with van der Waals surface area (Å²) in [6.07, 6.45) is 1.95. The Hall–Kier alpha value is -0.740. The molecule has 0 spiro atoms. The Balaban J connectivity index is 2.92. The maximum absolute atomic E-state index is 11.1. The summed E-state index contributed by atoms with van der Waals surface area (Å²) in [7, 11) is 0. The monoisotopic (exact) mass is 212 g/mol. The number of Topliss-reactive ketones (excluding diaryl/α,β-unsaturated/α-hetero) is 1. The summed E-state index contributed by atoms with van der Waals surface area (Å²) in [6, 6.07) is 6.85. The number of carbonyl (C=O) groups excluding carboxylic acids is 2. The molecule has 0 heterocycles. The second-order valence-electron chi connectivity index (χ2n) is 2.36. The molecule has 0 atom stereocenters. The van der Waals surface area contributed by atoms with Crippen molar-refractivity contribution in [2.45, 2.75) is 4.90 Å². The second kappa shape index (κ2) is 4.48. The molecule has 0 aromatic heterocycles. The fourth-order valence-electron chi connectivity index (χ4n) is 0.866. The number of ketones is 1. The Kier molecular flexibility index (Phi) is 3.57. The van der Waals surface area contributed by atoms with E-state index in [0.717, 1.165) is 4.90 Å². The van der Waals surface area contributed by atoms with E-state index in [-0.39, 0.29) is 0 Å². The van der Waals surface area contributed by atoms with Crippen LogP contribution >= 0.6 is 24.4 Å². The molecule has 1 aromatic carbocycles. The van der Waals surface area contributed by atoms with Gasteiger partial charge in [-0.05, 0) is 30.5 Å². The van der Waals surface area contributed by atoms with Crippen LogP contribution in [0.5, 0.6) is 0 Å². The average molecular weight is 212 g/mol. The number of carbonyl (C=O) groups is 2. The average Bonchev–Trinajstić information content (AvgIpc) is 2.17. The molecule has 13 heavy (non-hydrogen) atoms. The minimum absolute atomic E-state index is 0.387. The Morgan fingerprint density at radius 1 is 1.23 bits per heavy atom. The first-order valence-corrected chi connectivity index (χ1v) is 5.24. The topological polar surface area (TPSA) is 34.1 Å². The number of thiol groups is 1. The highest BCUT2D eigenvalue weighted by atomic mass is 32.2. The van der Waals surface area contributed by atoms with Gasteiger partial charge in [-0.1, -0.05) is 12.6 Å². The molecule has 0 aliphatic carbocycles. The third-order valence-corrected chi connectivity index (χ3v) is 2.49. The Labute approximate surface area is 86.1 Å². The van der Waals surface area contributed by atoms with Crippen LogP contribution in [0, 0.1) is 0 Å². The van der Waals surface area contributed by atoms with Crippen LogP contribution < -0.4 is 0 Å². The van der Waals surface area contributed by atoms with Gasteiger partial charge in [0.15, 0.2) is 0 Å². The largest absolute Gasteiger partial charge is 0.284 e. The van der Waals surface area contributed by atoms with E-state index in [4.69, 9.17) is 0 Å². The summed E-state index contributed by atoms with van der Waals surface area (Å²) in [4.78, 5) is 22.8. The summed E-state index contributed by atoms with van der Waals surface area (Å²) in [6.45, 7) is 0. The highest BCUT2D eigenvalue weighted by Gasteiger charge is 2.10. The van der Waals surface area contributed by atoms with Crippen LogP contribution in [-0.4, -0.2) is 17.2 Å². The van der Waals surface area contributed by atoms with Crippen molar-refractivity contribution in [1.82, 2.24) is 0 Å². The maximum atomic E-state index is 11.1. The van der Waals surface area contributed by atoms with Gasteiger partial charge in [-0.15, -0.1) is 11.8 Å². The Morgan fingerprint density at radius 3 is 2.15 bits per heavy atom. The van der Waals surface area contributed by atoms with Crippen LogP contribution in [0.4, 0.5) is 0 Å². The van der Waals surface area contributed by atoms with Gasteiger partial charge in [0.2, 0.25) is 5.78 Å². The number of rotatable bonds is 3. The molecule has 0 aliphatic rings. The summed E-state index contributed by atoms with van der Waals surface area (Å²) in [5.41, 5.74) is 0.387. The van der Waals surface area contributed by atoms with Gasteiger partial charge in [0.25, 0.3) is 5.12 Å². The van der Waals surface area contributed by atoms with Gasteiger partial charge in [0.05, 0.1) is 0 Å². The van der Waals surface area contributed by atoms with Crippen LogP contribution in [0.15, 0.2) is 29.2 Å². The van der Waals surface area contributed by atoms with E-state index in [2.05, 4.69) is 12.6 Å². The number of hydrogen-bond donors (Lipinski definition) is 1. The van der Waals surface area contributed by atoms with Crippen LogP contribution in [0.3, 0.4) is 0 Å². The van der Waals surface area contributed by atoms with Crippen molar-refractivity contribution in [1.29, 1.82) is 0 Å². The SMILES string of the molecule is CSc1ccc(C(=O)C(=O)S)cc1. The molecule has 0 bridgehead atoms. The summed E-state index contributed by atoms with van der Waals surface area (Å²) in [5.74, 6) is -0.559. The molecule has 0 saturated carbocycles. The fourth-order valence-corrected chi connectivity index (χ4v) is 1.40. The molecule has 68 valence electrons. The molecule has 0 fully saturated rings. The molecule has 1 aromatic rings. The molecule has 0 amide bonds. The van der Waals surface area contributed by atoms with E-state index in [1.54, 1.807) is 36.0 Å². The lowest BCUT2D eigenvalue weighted by Gasteiger charge is -1.97. The first-order chi connectivity index (χ1) is 6.15. The number of benzene rings is 1. The molecule has 0 radical (unpaired) electrons. The first-order valence-electron chi connectivity index (χ1n) is 3.57. The van der Waals surface area contributed by atoms with Crippen molar-refractivity contribution in [3.05, 3.63) is 29.8 Å². The van der Waals surface area contributed by atoms with Gasteiger partial charge in [-0.25, -0.2) is 0 Å². The predicted molar refractivity (Wildman–Crippen MR) is 56.5 cm³/mol. The summed E-state index contributed by atoms with van der Waals surface area (Å²) in [5, 5.41) is -0.725. The highest BCUT2D eigenvalue weighted by Crippen LogP contribution is 2.15. The van der Waals surface area contributed by atoms with E-state index in [1.165, 1.54) is 0 Å². The molecule has 0 aliphatic heterocycles. The molecule has 2 nitrogen and oxygen atoms in total. The lowest BCUT2D eigenvalue weighted by atomic mass is 10.1. The van der Waals surface area contributed by atoms with E-state index in [1.807, 2.05) is 6.26 Å². The predicted octanol–water partition coefficient (Wildman–Crippen LogP) is 2.05. The van der Waals surface area contributed by atoms with Gasteiger partial charge in [-0.3, -0.25) is 9.59 Å². The quantitative estimate of drug-likeness (QED) is 0.360. The lowest BCUT2D eigenvalue weighted by Crippen LogP contribution is -2.06. The van der Waals surface area contributed by atoms with Gasteiger partial charge in [0.1, 0.15) is 0 Å². The second-order valence-corrected chi connectivity index (χ2v) is 3.65. The molecular formula is C9H8O2S2. The third kappa shape index (κ3) is 2.60. The van der Waals surface area contributed by atoms with Crippen molar-refractivity contribution >= 4 is 35.3 Å². The summed E-state index contributed by atoms with van der Waals surface area (Å²) < 4.78 is 0. The zero-order valence-corrected chi connectivity index (χ0v) is 8.69. The van der Waals surface area contributed by atoms with Crippen LogP contribution in [0.25, 0.3) is 0 Å². The van der Waals surface area contributed by atoms with Gasteiger partial charge in [0, 0.05) is 10.5 Å². The van der Waals surface area contributed by atoms with Gasteiger partial charge < -0.3 is 0 Å². The van der Waals surface area contributed by atoms with E-state index in [0.29, 0.717) is 5.56 Å². The van der Waals surface area contributed by atoms with E-state index < -0.39 is 10.9 Å². The minimum Gasteiger partial charge on any atom is -0.284 e. The smallest absolute Gasteiger partial charge is 0.256 e. The lowest BCUT2D eigenvalue weighted by molar-refractivity contribution is -0.107. The number of thioether (sulfide) groups is 1.